The molecular weight excluding hydrogens is 356 g/mol. The first-order valence-electron chi connectivity index (χ1n) is 9.68. The van der Waals surface area contributed by atoms with Crippen molar-refractivity contribution in [1.29, 1.82) is 0 Å². The summed E-state index contributed by atoms with van der Waals surface area (Å²) < 4.78 is 5.48. The molecule has 0 unspecified atom stereocenters. The highest BCUT2D eigenvalue weighted by molar-refractivity contribution is 5.92. The molecule has 28 heavy (non-hydrogen) atoms. The summed E-state index contributed by atoms with van der Waals surface area (Å²) in [6.45, 7) is 4.28. The fourth-order valence-electron chi connectivity index (χ4n) is 4.13. The maximum absolute atomic E-state index is 12.6. The Balaban J connectivity index is 1.38. The van der Waals surface area contributed by atoms with Crippen LogP contribution in [0.3, 0.4) is 0 Å². The number of ether oxygens (including phenoxy) is 1. The number of pyridine rings is 1. The van der Waals surface area contributed by atoms with Gasteiger partial charge in [0, 0.05) is 45.5 Å². The molecule has 148 valence electrons. The molecule has 1 aromatic heterocycles. The number of aliphatic hydroxyl groups excluding tert-OH is 1. The number of para-hydroxylation sites is 2. The first kappa shape index (κ1) is 18.7. The van der Waals surface area contributed by atoms with Crippen molar-refractivity contribution in [2.45, 2.75) is 12.1 Å². The number of hydrogen-bond donors (Lipinski definition) is 1. The van der Waals surface area contributed by atoms with Crippen LogP contribution < -0.4 is 9.64 Å². The number of rotatable bonds is 4. The van der Waals surface area contributed by atoms with E-state index in [1.165, 1.54) is 0 Å². The summed E-state index contributed by atoms with van der Waals surface area (Å²) in [6.07, 6.45) is 1.08. The van der Waals surface area contributed by atoms with Crippen molar-refractivity contribution in [3.8, 4) is 5.75 Å². The van der Waals surface area contributed by atoms with Crippen molar-refractivity contribution in [2.75, 3.05) is 51.3 Å². The number of carbonyl (C=O) groups is 1. The maximum atomic E-state index is 12.6. The van der Waals surface area contributed by atoms with Gasteiger partial charge in [0.05, 0.1) is 24.9 Å². The average molecular weight is 382 g/mol. The lowest BCUT2D eigenvalue weighted by Gasteiger charge is -2.40. The van der Waals surface area contributed by atoms with Gasteiger partial charge >= 0.3 is 0 Å². The van der Waals surface area contributed by atoms with Crippen LogP contribution in [0.1, 0.15) is 10.5 Å². The van der Waals surface area contributed by atoms with Crippen molar-refractivity contribution in [2.24, 2.45) is 0 Å². The van der Waals surface area contributed by atoms with E-state index in [-0.39, 0.29) is 11.9 Å². The van der Waals surface area contributed by atoms with Crippen LogP contribution in [0.2, 0.25) is 0 Å². The van der Waals surface area contributed by atoms with E-state index in [1.807, 2.05) is 18.2 Å². The number of amides is 1. The van der Waals surface area contributed by atoms with Gasteiger partial charge in [-0.3, -0.25) is 14.7 Å². The van der Waals surface area contributed by atoms with E-state index >= 15 is 0 Å². The van der Waals surface area contributed by atoms with E-state index in [4.69, 9.17) is 4.74 Å². The number of hydrogen-bond acceptors (Lipinski definition) is 6. The Morgan fingerprint density at radius 2 is 1.82 bits per heavy atom. The Hall–Kier alpha value is -2.64. The van der Waals surface area contributed by atoms with Crippen LogP contribution in [0.4, 0.5) is 5.69 Å². The average Bonchev–Trinajstić information content (AvgIpc) is 3.15. The number of aromatic nitrogens is 1. The van der Waals surface area contributed by atoms with Gasteiger partial charge in [0.1, 0.15) is 11.4 Å². The first-order chi connectivity index (χ1) is 13.7. The van der Waals surface area contributed by atoms with Gasteiger partial charge in [-0.25, -0.2) is 0 Å². The molecular formula is C21H26N4O3. The number of likely N-dealkylation sites (tertiary alicyclic amines) is 1. The quantitative estimate of drug-likeness (QED) is 0.854. The minimum Gasteiger partial charge on any atom is -0.495 e. The van der Waals surface area contributed by atoms with Crippen LogP contribution in [-0.4, -0.2) is 84.3 Å². The smallest absolute Gasteiger partial charge is 0.272 e. The Morgan fingerprint density at radius 3 is 2.54 bits per heavy atom. The number of aliphatic hydroxyl groups is 1. The summed E-state index contributed by atoms with van der Waals surface area (Å²) in [6, 6.07) is 13.3. The lowest BCUT2D eigenvalue weighted by Crippen LogP contribution is -2.53. The molecule has 0 spiro atoms. The zero-order valence-corrected chi connectivity index (χ0v) is 16.1. The number of methoxy groups -OCH3 is 1. The first-order valence-corrected chi connectivity index (χ1v) is 9.68. The van der Waals surface area contributed by atoms with Gasteiger partial charge in [-0.2, -0.15) is 0 Å². The molecule has 2 atom stereocenters. The molecule has 2 aliphatic rings. The summed E-state index contributed by atoms with van der Waals surface area (Å²) >= 11 is 0. The van der Waals surface area contributed by atoms with Crippen LogP contribution in [0, 0.1) is 0 Å². The van der Waals surface area contributed by atoms with E-state index in [9.17, 15) is 9.90 Å². The minimum atomic E-state index is -0.537. The predicted molar refractivity (Wildman–Crippen MR) is 107 cm³/mol. The zero-order chi connectivity index (χ0) is 19.5. The molecule has 0 aliphatic carbocycles. The number of piperazine rings is 1. The lowest BCUT2D eigenvalue weighted by molar-refractivity contribution is 0.0750. The molecule has 0 radical (unpaired) electrons. The zero-order valence-electron chi connectivity index (χ0n) is 16.1. The number of anilines is 1. The molecule has 0 saturated carbocycles. The maximum Gasteiger partial charge on any atom is 0.272 e. The third-order valence-electron chi connectivity index (χ3n) is 5.64. The van der Waals surface area contributed by atoms with E-state index in [0.717, 1.165) is 37.6 Å². The van der Waals surface area contributed by atoms with Crippen LogP contribution in [0.25, 0.3) is 0 Å². The summed E-state index contributed by atoms with van der Waals surface area (Å²) in [5, 5.41) is 10.6. The Labute approximate surface area is 165 Å². The summed E-state index contributed by atoms with van der Waals surface area (Å²) in [4.78, 5) is 23.1. The lowest BCUT2D eigenvalue weighted by atomic mass is 10.1. The molecule has 2 aliphatic heterocycles. The summed E-state index contributed by atoms with van der Waals surface area (Å²) in [5.74, 6) is 0.763. The van der Waals surface area contributed by atoms with Gasteiger partial charge in [0.2, 0.25) is 0 Å². The number of carbonyl (C=O) groups excluding carboxylic acids is 1. The molecule has 7 nitrogen and oxygen atoms in total. The van der Waals surface area contributed by atoms with Crippen LogP contribution in [0.15, 0.2) is 48.7 Å². The van der Waals surface area contributed by atoms with E-state index in [1.54, 1.807) is 36.4 Å². The van der Waals surface area contributed by atoms with E-state index in [0.29, 0.717) is 18.8 Å². The molecule has 4 rings (SSSR count). The SMILES string of the molecule is COc1ccccc1N1CCN([C@H]2CN(C(=O)c3ccccn3)C[C@@H]2O)CC1. The monoisotopic (exact) mass is 382 g/mol. The fraction of sp³-hybridized carbons (Fsp3) is 0.429. The number of β-amino-alcohol motifs (C(OH)–C–C–N with tert-alkyl or cyclic N) is 1. The Kier molecular flexibility index (Phi) is 5.45. The van der Waals surface area contributed by atoms with Gasteiger partial charge in [-0.05, 0) is 24.3 Å². The normalized spacial score (nSPS) is 23.1. The molecule has 7 heteroatoms. The van der Waals surface area contributed by atoms with Crippen LogP contribution in [-0.2, 0) is 0 Å². The Bertz CT molecular complexity index is 808. The third kappa shape index (κ3) is 3.68. The van der Waals surface area contributed by atoms with Crippen molar-refractivity contribution in [3.05, 3.63) is 54.4 Å². The fourth-order valence-corrected chi connectivity index (χ4v) is 4.13. The van der Waals surface area contributed by atoms with Gasteiger partial charge in [0.15, 0.2) is 0 Å². The largest absolute Gasteiger partial charge is 0.495 e. The van der Waals surface area contributed by atoms with Crippen LogP contribution in [0.5, 0.6) is 5.75 Å². The molecule has 1 aromatic carbocycles. The number of nitrogens with zero attached hydrogens (tertiary/aromatic N) is 4. The second-order valence-corrected chi connectivity index (χ2v) is 7.25. The molecule has 0 bridgehead atoms. The van der Waals surface area contributed by atoms with Crippen molar-refractivity contribution >= 4 is 11.6 Å². The highest BCUT2D eigenvalue weighted by atomic mass is 16.5. The minimum absolute atomic E-state index is 0.0347. The van der Waals surface area contributed by atoms with Gasteiger partial charge < -0.3 is 19.6 Å². The molecule has 3 heterocycles. The second-order valence-electron chi connectivity index (χ2n) is 7.25. The molecule has 1 amide bonds. The highest BCUT2D eigenvalue weighted by Crippen LogP contribution is 2.29. The highest BCUT2D eigenvalue weighted by Gasteiger charge is 2.39. The Morgan fingerprint density at radius 1 is 1.07 bits per heavy atom. The molecule has 2 saturated heterocycles. The summed E-state index contributed by atoms with van der Waals surface area (Å²) in [5.41, 5.74) is 1.53. The van der Waals surface area contributed by atoms with Gasteiger partial charge in [0.25, 0.3) is 5.91 Å². The summed E-state index contributed by atoms with van der Waals surface area (Å²) in [7, 11) is 1.69. The van der Waals surface area contributed by atoms with E-state index in [2.05, 4.69) is 20.9 Å². The van der Waals surface area contributed by atoms with Gasteiger partial charge in [-0.1, -0.05) is 18.2 Å². The predicted octanol–water partition coefficient (Wildman–Crippen LogP) is 1.10. The molecule has 2 fully saturated rings. The van der Waals surface area contributed by atoms with Gasteiger partial charge in [-0.15, -0.1) is 0 Å². The second kappa shape index (κ2) is 8.16. The molecule has 2 aromatic rings. The molecule has 1 N–H and O–H groups in total. The number of benzene rings is 1. The van der Waals surface area contributed by atoms with E-state index < -0.39 is 6.10 Å². The van der Waals surface area contributed by atoms with Crippen molar-refractivity contribution in [1.82, 2.24) is 14.8 Å². The van der Waals surface area contributed by atoms with Crippen LogP contribution >= 0.6 is 0 Å². The van der Waals surface area contributed by atoms with Crippen molar-refractivity contribution < 1.29 is 14.6 Å². The van der Waals surface area contributed by atoms with Crippen molar-refractivity contribution in [3.63, 3.8) is 0 Å². The topological polar surface area (TPSA) is 69.1 Å². The standard InChI is InChI=1S/C21H26N4O3/c1-28-20-8-3-2-7-17(20)23-10-12-24(13-11-23)18-14-25(15-19(18)26)21(27)16-6-4-5-9-22-16/h2-9,18-19,26H,10-15H2,1H3/t18-,19-/m0/s1. The third-order valence-corrected chi connectivity index (χ3v) is 5.64.